The molecule has 102 valence electrons. The Morgan fingerprint density at radius 1 is 0.800 bits per heavy atom. The Hall–Kier alpha value is -2.26. The van der Waals surface area contributed by atoms with Crippen LogP contribution >= 0.6 is 0 Å². The zero-order valence-electron chi connectivity index (χ0n) is 11.4. The van der Waals surface area contributed by atoms with Gasteiger partial charge in [0.05, 0.1) is 0 Å². The molecule has 3 heteroatoms. The van der Waals surface area contributed by atoms with E-state index >= 15 is 0 Å². The molecule has 0 aliphatic carbocycles. The van der Waals surface area contributed by atoms with Crippen molar-refractivity contribution < 1.29 is 8.85 Å². The average Bonchev–Trinajstić information content (AvgIpc) is 2.49. The molecule has 0 saturated carbocycles. The van der Waals surface area contributed by atoms with Crippen molar-refractivity contribution in [3.8, 4) is 11.5 Å². The van der Waals surface area contributed by atoms with E-state index < -0.39 is 8.56 Å². The van der Waals surface area contributed by atoms with E-state index in [-0.39, 0.29) is 0 Å². The first-order chi connectivity index (χ1) is 9.78. The zero-order chi connectivity index (χ0) is 14.3. The first kappa shape index (κ1) is 14.2. The van der Waals surface area contributed by atoms with E-state index in [9.17, 15) is 0 Å². The molecule has 0 N–H and O–H groups in total. The maximum atomic E-state index is 6.12. The van der Waals surface area contributed by atoms with Gasteiger partial charge in [0.2, 0.25) is 0 Å². The molecular formula is C17H18O2Si. The molecule has 2 aromatic carbocycles. The van der Waals surface area contributed by atoms with Crippen molar-refractivity contribution >= 4 is 8.56 Å². The van der Waals surface area contributed by atoms with Gasteiger partial charge in [-0.3, -0.25) is 0 Å². The van der Waals surface area contributed by atoms with E-state index in [0.717, 1.165) is 11.5 Å². The third-order valence-corrected chi connectivity index (χ3v) is 5.45. The summed E-state index contributed by atoms with van der Waals surface area (Å²) in [7, 11) is -2.61. The Labute approximate surface area is 121 Å². The van der Waals surface area contributed by atoms with Gasteiger partial charge in [0.25, 0.3) is 0 Å². The van der Waals surface area contributed by atoms with Gasteiger partial charge in [-0.25, -0.2) is 0 Å². The van der Waals surface area contributed by atoms with Crippen LogP contribution in [-0.2, 0) is 0 Å². The Kier molecular flexibility index (Phi) is 4.79. The molecule has 0 radical (unpaired) electrons. The van der Waals surface area contributed by atoms with E-state index in [1.54, 1.807) is 5.70 Å². The molecule has 0 bridgehead atoms. The topological polar surface area (TPSA) is 18.5 Å². The maximum absolute atomic E-state index is 6.12. The monoisotopic (exact) mass is 282 g/mol. The summed E-state index contributed by atoms with van der Waals surface area (Å²) in [4.78, 5) is 0. The second kappa shape index (κ2) is 6.77. The van der Waals surface area contributed by atoms with Gasteiger partial charge in [0.15, 0.2) is 0 Å². The third-order valence-electron chi connectivity index (χ3n) is 2.81. The van der Waals surface area contributed by atoms with Gasteiger partial charge in [-0.2, -0.15) is 0 Å². The molecular weight excluding hydrogens is 264 g/mol. The quantitative estimate of drug-likeness (QED) is 0.550. The first-order valence-electron chi connectivity index (χ1n) is 6.50. The van der Waals surface area contributed by atoms with Crippen LogP contribution in [0.4, 0.5) is 0 Å². The number of benzene rings is 2. The fourth-order valence-corrected chi connectivity index (χ4v) is 3.86. The summed E-state index contributed by atoms with van der Waals surface area (Å²) in [6.07, 6.45) is 1.82. The molecule has 0 heterocycles. The van der Waals surface area contributed by atoms with E-state index in [0.29, 0.717) is 6.04 Å². The third kappa shape index (κ3) is 3.62. The highest BCUT2D eigenvalue weighted by atomic mass is 28.4. The summed E-state index contributed by atoms with van der Waals surface area (Å²) >= 11 is 0. The molecule has 0 atom stereocenters. The molecule has 0 amide bonds. The Morgan fingerprint density at radius 2 is 1.25 bits per heavy atom. The minimum absolute atomic E-state index is 0.639. The minimum Gasteiger partial charge on any atom is -0.509 e. The lowest BCUT2D eigenvalue weighted by Crippen LogP contribution is -2.46. The number of para-hydroxylation sites is 2. The fourth-order valence-electron chi connectivity index (χ4n) is 1.85. The highest BCUT2D eigenvalue weighted by Gasteiger charge is 2.37. The van der Waals surface area contributed by atoms with Crippen LogP contribution in [0.3, 0.4) is 0 Å². The van der Waals surface area contributed by atoms with Crippen LogP contribution < -0.4 is 8.85 Å². The van der Waals surface area contributed by atoms with Gasteiger partial charge >= 0.3 is 8.56 Å². The number of hydrogen-bond donors (Lipinski definition) is 0. The highest BCUT2D eigenvalue weighted by Crippen LogP contribution is 2.24. The smallest absolute Gasteiger partial charge is 0.491 e. The van der Waals surface area contributed by atoms with Crippen molar-refractivity contribution in [1.29, 1.82) is 0 Å². The second-order valence-corrected chi connectivity index (χ2v) is 7.19. The van der Waals surface area contributed by atoms with Gasteiger partial charge in [-0.1, -0.05) is 42.5 Å². The molecule has 0 fully saturated rings. The average molecular weight is 282 g/mol. The maximum Gasteiger partial charge on any atom is 0.491 e. The second-order valence-electron chi connectivity index (χ2n) is 4.34. The predicted octanol–water partition coefficient (Wildman–Crippen LogP) is 4.50. The number of allylic oxidation sites excluding steroid dienone is 1. The predicted molar refractivity (Wildman–Crippen MR) is 85.1 cm³/mol. The van der Waals surface area contributed by atoms with Crippen LogP contribution in [-0.4, -0.2) is 8.56 Å². The SMILES string of the molecule is C=CC[Si](C=C)(Oc1ccccc1)Oc1ccccc1. The summed E-state index contributed by atoms with van der Waals surface area (Å²) in [5, 5.41) is 0. The fraction of sp³-hybridized carbons (Fsp3) is 0.0588. The lowest BCUT2D eigenvalue weighted by Gasteiger charge is -2.27. The Morgan fingerprint density at radius 3 is 1.60 bits per heavy atom. The Bertz CT molecular complexity index is 510. The molecule has 0 aliphatic rings. The summed E-state index contributed by atoms with van der Waals surface area (Å²) in [5.41, 5.74) is 1.80. The molecule has 0 saturated heterocycles. The molecule has 2 aromatic rings. The molecule has 0 spiro atoms. The lowest BCUT2D eigenvalue weighted by molar-refractivity contribution is 0.401. The van der Waals surface area contributed by atoms with Crippen LogP contribution in [0.25, 0.3) is 0 Å². The number of hydrogen-bond acceptors (Lipinski definition) is 2. The summed E-state index contributed by atoms with van der Waals surface area (Å²) in [5.74, 6) is 1.58. The van der Waals surface area contributed by atoms with Gasteiger partial charge in [-0.15, -0.1) is 13.2 Å². The lowest BCUT2D eigenvalue weighted by atomic mass is 10.3. The molecule has 2 rings (SSSR count). The van der Waals surface area contributed by atoms with Crippen molar-refractivity contribution in [3.63, 3.8) is 0 Å². The van der Waals surface area contributed by atoms with Crippen LogP contribution in [0.2, 0.25) is 6.04 Å². The van der Waals surface area contributed by atoms with Crippen molar-refractivity contribution in [2.24, 2.45) is 0 Å². The molecule has 0 unspecified atom stereocenters. The van der Waals surface area contributed by atoms with E-state index in [4.69, 9.17) is 8.85 Å². The molecule has 0 aromatic heterocycles. The van der Waals surface area contributed by atoms with Crippen LogP contribution in [0.5, 0.6) is 11.5 Å². The summed E-state index contributed by atoms with van der Waals surface area (Å²) in [6, 6.07) is 20.0. The van der Waals surface area contributed by atoms with Crippen molar-refractivity contribution in [1.82, 2.24) is 0 Å². The van der Waals surface area contributed by atoms with E-state index in [1.165, 1.54) is 0 Å². The molecule has 20 heavy (non-hydrogen) atoms. The van der Waals surface area contributed by atoms with Crippen LogP contribution in [0.1, 0.15) is 0 Å². The van der Waals surface area contributed by atoms with Gasteiger partial charge in [-0.05, 0) is 30.0 Å². The standard InChI is InChI=1S/C17H18O2Si/c1-3-15-20(4-2,18-16-11-7-5-8-12-16)19-17-13-9-6-10-14-17/h3-14H,1-2,15H2. The number of rotatable bonds is 7. The van der Waals surface area contributed by atoms with Crippen LogP contribution in [0.15, 0.2) is 85.6 Å². The van der Waals surface area contributed by atoms with E-state index in [2.05, 4.69) is 13.2 Å². The van der Waals surface area contributed by atoms with E-state index in [1.807, 2.05) is 66.7 Å². The van der Waals surface area contributed by atoms with Crippen molar-refractivity contribution in [2.45, 2.75) is 6.04 Å². The van der Waals surface area contributed by atoms with Gasteiger partial charge in [0, 0.05) is 6.04 Å². The highest BCUT2D eigenvalue weighted by molar-refractivity contribution is 6.74. The van der Waals surface area contributed by atoms with Crippen molar-refractivity contribution in [3.05, 3.63) is 85.6 Å². The first-order valence-corrected chi connectivity index (χ1v) is 8.61. The van der Waals surface area contributed by atoms with Gasteiger partial charge < -0.3 is 8.85 Å². The molecule has 0 aliphatic heterocycles. The minimum atomic E-state index is -2.61. The van der Waals surface area contributed by atoms with Crippen molar-refractivity contribution in [2.75, 3.05) is 0 Å². The van der Waals surface area contributed by atoms with Gasteiger partial charge in [0.1, 0.15) is 11.5 Å². The Balaban J connectivity index is 2.25. The summed E-state index contributed by atoms with van der Waals surface area (Å²) < 4.78 is 12.2. The largest absolute Gasteiger partial charge is 0.509 e. The summed E-state index contributed by atoms with van der Waals surface area (Å²) in [6.45, 7) is 7.71. The molecule has 2 nitrogen and oxygen atoms in total. The zero-order valence-corrected chi connectivity index (χ0v) is 12.4. The normalized spacial score (nSPS) is 10.6. The van der Waals surface area contributed by atoms with Crippen LogP contribution in [0, 0.1) is 0 Å².